The lowest BCUT2D eigenvalue weighted by Crippen LogP contribution is -2.19. The van der Waals surface area contributed by atoms with Crippen molar-refractivity contribution in [1.29, 1.82) is 0 Å². The van der Waals surface area contributed by atoms with Gasteiger partial charge in [0.05, 0.1) is 27.9 Å². The van der Waals surface area contributed by atoms with Crippen LogP contribution in [-0.2, 0) is 11.3 Å². The van der Waals surface area contributed by atoms with Crippen LogP contribution in [0.2, 0.25) is 10.0 Å². The van der Waals surface area contributed by atoms with Crippen LogP contribution < -0.4 is 10.1 Å². The van der Waals surface area contributed by atoms with Gasteiger partial charge in [0.25, 0.3) is 5.69 Å². The Balaban J connectivity index is 1.81. The van der Waals surface area contributed by atoms with E-state index in [1.54, 1.807) is 18.2 Å². The summed E-state index contributed by atoms with van der Waals surface area (Å²) in [5, 5.41) is 18.7. The van der Waals surface area contributed by atoms with Gasteiger partial charge in [-0.1, -0.05) is 23.2 Å². The molecule has 8 nitrogen and oxygen atoms in total. The molecule has 0 saturated carbocycles. The SMILES string of the molecule is Cc1cc(Oc2cc(NC(=O)Cn3cc(Cl)cn3)cc([N+](=O)[O-])c2)ccc1Cl. The van der Waals surface area contributed by atoms with Crippen molar-refractivity contribution in [3.63, 3.8) is 0 Å². The van der Waals surface area contributed by atoms with Crippen molar-refractivity contribution < 1.29 is 14.5 Å². The Kier molecular flexibility index (Phi) is 5.81. The van der Waals surface area contributed by atoms with Crippen LogP contribution in [0.15, 0.2) is 48.8 Å². The summed E-state index contributed by atoms with van der Waals surface area (Å²) in [7, 11) is 0. The van der Waals surface area contributed by atoms with Crippen molar-refractivity contribution >= 4 is 40.5 Å². The molecule has 1 heterocycles. The number of nitro benzene ring substituents is 1. The molecule has 1 N–H and O–H groups in total. The molecule has 28 heavy (non-hydrogen) atoms. The van der Waals surface area contributed by atoms with E-state index in [1.165, 1.54) is 35.3 Å². The number of anilines is 1. The van der Waals surface area contributed by atoms with Crippen LogP contribution in [0.3, 0.4) is 0 Å². The number of amides is 1. The Bertz CT molecular complexity index is 1050. The first kappa shape index (κ1) is 19.7. The number of nitrogens with zero attached hydrogens (tertiary/aromatic N) is 3. The number of nitrogens with one attached hydrogen (secondary N) is 1. The second kappa shape index (κ2) is 8.28. The molecular weight excluding hydrogens is 407 g/mol. The number of carbonyl (C=O) groups is 1. The monoisotopic (exact) mass is 420 g/mol. The van der Waals surface area contributed by atoms with E-state index in [2.05, 4.69) is 10.4 Å². The van der Waals surface area contributed by atoms with Crippen molar-refractivity contribution in [3.05, 3.63) is 74.5 Å². The second-order valence-corrected chi connectivity index (χ2v) is 6.73. The molecule has 0 aliphatic carbocycles. The van der Waals surface area contributed by atoms with Gasteiger partial charge in [-0.3, -0.25) is 19.6 Å². The van der Waals surface area contributed by atoms with E-state index in [-0.39, 0.29) is 23.7 Å². The summed E-state index contributed by atoms with van der Waals surface area (Å²) in [5.74, 6) is 0.243. The van der Waals surface area contributed by atoms with Gasteiger partial charge in [0.15, 0.2) is 0 Å². The van der Waals surface area contributed by atoms with Crippen molar-refractivity contribution in [1.82, 2.24) is 9.78 Å². The smallest absolute Gasteiger partial charge is 0.275 e. The maximum atomic E-state index is 12.2. The lowest BCUT2D eigenvalue weighted by atomic mass is 10.2. The first-order chi connectivity index (χ1) is 13.3. The third-order valence-electron chi connectivity index (χ3n) is 3.66. The number of carbonyl (C=O) groups excluding carboxylic acids is 1. The number of ether oxygens (including phenoxy) is 1. The predicted molar refractivity (Wildman–Crippen MR) is 105 cm³/mol. The molecule has 0 fully saturated rings. The van der Waals surface area contributed by atoms with E-state index in [1.807, 2.05) is 6.92 Å². The van der Waals surface area contributed by atoms with Crippen LogP contribution >= 0.6 is 23.2 Å². The summed E-state index contributed by atoms with van der Waals surface area (Å²) in [6, 6.07) is 9.03. The van der Waals surface area contributed by atoms with Crippen LogP contribution in [0.1, 0.15) is 5.56 Å². The van der Waals surface area contributed by atoms with E-state index in [0.29, 0.717) is 15.8 Å². The van der Waals surface area contributed by atoms with Gasteiger partial charge in [-0.2, -0.15) is 5.10 Å². The third-order valence-corrected chi connectivity index (χ3v) is 4.28. The maximum absolute atomic E-state index is 12.2. The van der Waals surface area contributed by atoms with Gasteiger partial charge in [-0.25, -0.2) is 0 Å². The summed E-state index contributed by atoms with van der Waals surface area (Å²) in [4.78, 5) is 22.8. The van der Waals surface area contributed by atoms with Crippen molar-refractivity contribution in [2.75, 3.05) is 5.32 Å². The highest BCUT2D eigenvalue weighted by molar-refractivity contribution is 6.31. The molecule has 1 amide bonds. The van der Waals surface area contributed by atoms with Crippen LogP contribution in [-0.4, -0.2) is 20.6 Å². The van der Waals surface area contributed by atoms with Crippen LogP contribution in [0.5, 0.6) is 11.5 Å². The second-order valence-electron chi connectivity index (χ2n) is 5.89. The molecule has 0 unspecified atom stereocenters. The predicted octanol–water partition coefficient (Wildman–Crippen LogP) is 4.84. The quantitative estimate of drug-likeness (QED) is 0.454. The topological polar surface area (TPSA) is 99.3 Å². The standard InChI is InChI=1S/C18H14Cl2N4O4/c1-11-4-15(2-3-17(11)20)28-16-6-13(5-14(7-16)24(26)27)22-18(25)10-23-9-12(19)8-21-23/h2-9H,10H2,1H3,(H,22,25). The first-order valence-corrected chi connectivity index (χ1v) is 8.77. The molecule has 2 aromatic carbocycles. The maximum Gasteiger partial charge on any atom is 0.275 e. The fourth-order valence-corrected chi connectivity index (χ4v) is 2.68. The Morgan fingerprint density at radius 2 is 2.04 bits per heavy atom. The average molecular weight is 421 g/mol. The summed E-state index contributed by atoms with van der Waals surface area (Å²) in [6.45, 7) is 1.72. The molecular formula is C18H14Cl2N4O4. The Morgan fingerprint density at radius 1 is 1.25 bits per heavy atom. The number of nitro groups is 1. The zero-order valence-corrected chi connectivity index (χ0v) is 16.1. The van der Waals surface area contributed by atoms with Gasteiger partial charge in [0.1, 0.15) is 18.0 Å². The largest absolute Gasteiger partial charge is 0.457 e. The molecule has 3 rings (SSSR count). The summed E-state index contributed by atoms with van der Waals surface area (Å²) in [5.41, 5.74) is 0.801. The van der Waals surface area contributed by atoms with Crippen molar-refractivity contribution in [3.8, 4) is 11.5 Å². The van der Waals surface area contributed by atoms with Gasteiger partial charge in [0.2, 0.25) is 5.91 Å². The van der Waals surface area contributed by atoms with Gasteiger partial charge in [-0.05, 0) is 30.7 Å². The zero-order valence-electron chi connectivity index (χ0n) is 14.6. The number of aromatic nitrogens is 2. The van der Waals surface area contributed by atoms with E-state index in [9.17, 15) is 14.9 Å². The average Bonchev–Trinajstić information content (AvgIpc) is 3.02. The number of rotatable bonds is 6. The van der Waals surface area contributed by atoms with E-state index < -0.39 is 10.8 Å². The third kappa shape index (κ3) is 4.99. The molecule has 10 heteroatoms. The minimum atomic E-state index is -0.567. The van der Waals surface area contributed by atoms with Gasteiger partial charge < -0.3 is 10.1 Å². The minimum absolute atomic E-state index is 0.0953. The summed E-state index contributed by atoms with van der Waals surface area (Å²) >= 11 is 11.8. The molecule has 0 aliphatic heterocycles. The van der Waals surface area contributed by atoms with Gasteiger partial charge in [-0.15, -0.1) is 0 Å². The van der Waals surface area contributed by atoms with E-state index >= 15 is 0 Å². The highest BCUT2D eigenvalue weighted by Crippen LogP contribution is 2.31. The fraction of sp³-hybridized carbons (Fsp3) is 0.111. The lowest BCUT2D eigenvalue weighted by Gasteiger charge is -2.10. The van der Waals surface area contributed by atoms with Crippen LogP contribution in [0.4, 0.5) is 11.4 Å². The van der Waals surface area contributed by atoms with Crippen LogP contribution in [0.25, 0.3) is 0 Å². The highest BCUT2D eigenvalue weighted by atomic mass is 35.5. The van der Waals surface area contributed by atoms with E-state index in [0.717, 1.165) is 5.56 Å². The summed E-state index contributed by atoms with van der Waals surface area (Å²) in [6.07, 6.45) is 2.90. The van der Waals surface area contributed by atoms with Crippen LogP contribution in [0, 0.1) is 17.0 Å². The van der Waals surface area contributed by atoms with Crippen molar-refractivity contribution in [2.45, 2.75) is 13.5 Å². The number of halogens is 2. The normalized spacial score (nSPS) is 10.5. The number of hydrogen-bond acceptors (Lipinski definition) is 5. The lowest BCUT2D eigenvalue weighted by molar-refractivity contribution is -0.384. The molecule has 0 aliphatic rings. The zero-order chi connectivity index (χ0) is 20.3. The molecule has 0 radical (unpaired) electrons. The first-order valence-electron chi connectivity index (χ1n) is 8.01. The molecule has 144 valence electrons. The minimum Gasteiger partial charge on any atom is -0.457 e. The number of hydrogen-bond donors (Lipinski definition) is 1. The molecule has 0 spiro atoms. The number of aryl methyl sites for hydroxylation is 1. The fourth-order valence-electron chi connectivity index (χ4n) is 2.41. The van der Waals surface area contributed by atoms with E-state index in [4.69, 9.17) is 27.9 Å². The highest BCUT2D eigenvalue weighted by Gasteiger charge is 2.14. The Morgan fingerprint density at radius 3 is 2.68 bits per heavy atom. The molecule has 0 saturated heterocycles. The molecule has 0 atom stereocenters. The van der Waals surface area contributed by atoms with Gasteiger partial charge in [0, 0.05) is 23.4 Å². The molecule has 3 aromatic rings. The summed E-state index contributed by atoms with van der Waals surface area (Å²) < 4.78 is 7.05. The Hall–Kier alpha value is -3.10. The van der Waals surface area contributed by atoms with Crippen molar-refractivity contribution in [2.24, 2.45) is 0 Å². The number of non-ortho nitro benzene ring substituents is 1. The van der Waals surface area contributed by atoms with Gasteiger partial charge >= 0.3 is 0 Å². The molecule has 0 bridgehead atoms. The molecule has 1 aromatic heterocycles. The Labute approximate surface area is 169 Å². The number of benzene rings is 2.